The molecule has 0 amide bonds. The van der Waals surface area contributed by atoms with Crippen LogP contribution in [-0.2, 0) is 0 Å². The highest BCUT2D eigenvalue weighted by molar-refractivity contribution is 6.32. The molecule has 0 bridgehead atoms. The largest absolute Gasteiger partial charge is 0.395 e. The Kier molecular flexibility index (Phi) is 3.97. The van der Waals surface area contributed by atoms with Crippen molar-refractivity contribution < 1.29 is 5.11 Å². The summed E-state index contributed by atoms with van der Waals surface area (Å²) in [5.74, 6) is 5.42. The molecule has 1 heterocycles. The van der Waals surface area contributed by atoms with E-state index in [-0.39, 0.29) is 17.0 Å². The van der Waals surface area contributed by atoms with Crippen molar-refractivity contribution in [2.75, 3.05) is 6.61 Å². The molecule has 0 fully saturated rings. The molecule has 13 heavy (non-hydrogen) atoms. The van der Waals surface area contributed by atoms with Gasteiger partial charge in [0.2, 0.25) is 5.28 Å². The number of hydrogen-bond donors (Lipinski definition) is 1. The molecule has 0 aromatic carbocycles. The van der Waals surface area contributed by atoms with Gasteiger partial charge in [0.05, 0.1) is 12.2 Å². The Morgan fingerprint density at radius 2 is 2.23 bits per heavy atom. The molecule has 68 valence electrons. The van der Waals surface area contributed by atoms with Crippen molar-refractivity contribution in [1.82, 2.24) is 9.97 Å². The van der Waals surface area contributed by atoms with E-state index in [1.54, 1.807) is 0 Å². The van der Waals surface area contributed by atoms with Crippen LogP contribution < -0.4 is 0 Å². The Labute approximate surface area is 85.7 Å². The van der Waals surface area contributed by atoms with Gasteiger partial charge < -0.3 is 5.11 Å². The molecule has 0 spiro atoms. The average Bonchev–Trinajstić information content (AvgIpc) is 2.09. The lowest BCUT2D eigenvalue weighted by atomic mass is 10.3. The molecule has 0 aliphatic heterocycles. The fourth-order valence-electron chi connectivity index (χ4n) is 0.639. The minimum Gasteiger partial charge on any atom is -0.395 e. The SMILES string of the molecule is OCCC#Cc1cnc(Cl)nc1Cl. The van der Waals surface area contributed by atoms with E-state index in [9.17, 15) is 0 Å². The van der Waals surface area contributed by atoms with Crippen LogP contribution in [0.5, 0.6) is 0 Å². The molecule has 1 aromatic rings. The van der Waals surface area contributed by atoms with Crippen molar-refractivity contribution in [3.63, 3.8) is 0 Å². The summed E-state index contributed by atoms with van der Waals surface area (Å²) in [4.78, 5) is 7.43. The summed E-state index contributed by atoms with van der Waals surface area (Å²) >= 11 is 11.2. The topological polar surface area (TPSA) is 46.0 Å². The first-order valence-corrected chi connectivity index (χ1v) is 4.27. The third-order valence-electron chi connectivity index (χ3n) is 1.17. The molecule has 1 aromatic heterocycles. The van der Waals surface area contributed by atoms with Gasteiger partial charge in [-0.05, 0) is 11.6 Å². The molecular weight excluding hydrogens is 211 g/mol. The summed E-state index contributed by atoms with van der Waals surface area (Å²) in [6.07, 6.45) is 1.85. The molecule has 3 nitrogen and oxygen atoms in total. The van der Waals surface area contributed by atoms with Crippen molar-refractivity contribution in [2.45, 2.75) is 6.42 Å². The first-order chi connectivity index (χ1) is 6.24. The summed E-state index contributed by atoms with van der Waals surface area (Å²) in [5.41, 5.74) is 0.513. The van der Waals surface area contributed by atoms with Crippen LogP contribution in [0.2, 0.25) is 10.4 Å². The third kappa shape index (κ3) is 3.19. The number of aliphatic hydroxyl groups is 1. The smallest absolute Gasteiger partial charge is 0.223 e. The van der Waals surface area contributed by atoms with Crippen LogP contribution in [0, 0.1) is 11.8 Å². The summed E-state index contributed by atoms with van der Waals surface area (Å²) in [5, 5.41) is 8.79. The fourth-order valence-corrected chi connectivity index (χ4v) is 0.991. The molecule has 0 radical (unpaired) electrons. The second-order valence-corrected chi connectivity index (χ2v) is 2.81. The fraction of sp³-hybridized carbons (Fsp3) is 0.250. The highest BCUT2D eigenvalue weighted by Gasteiger charge is 1.99. The highest BCUT2D eigenvalue weighted by Crippen LogP contribution is 2.12. The lowest BCUT2D eigenvalue weighted by Gasteiger charge is -1.93. The van der Waals surface area contributed by atoms with Crippen molar-refractivity contribution in [2.24, 2.45) is 0 Å². The zero-order valence-electron chi connectivity index (χ0n) is 6.59. The normalized spacial score (nSPS) is 9.15. The van der Waals surface area contributed by atoms with Crippen LogP contribution in [0.1, 0.15) is 12.0 Å². The van der Waals surface area contributed by atoms with Crippen LogP contribution in [0.3, 0.4) is 0 Å². The second-order valence-electron chi connectivity index (χ2n) is 2.12. The number of halogens is 2. The Balaban J connectivity index is 2.85. The quantitative estimate of drug-likeness (QED) is 0.440. The van der Waals surface area contributed by atoms with Gasteiger partial charge in [-0.1, -0.05) is 23.4 Å². The van der Waals surface area contributed by atoms with E-state index < -0.39 is 0 Å². The van der Waals surface area contributed by atoms with Crippen molar-refractivity contribution in [3.8, 4) is 11.8 Å². The van der Waals surface area contributed by atoms with Crippen molar-refractivity contribution >= 4 is 23.2 Å². The van der Waals surface area contributed by atoms with Gasteiger partial charge in [-0.25, -0.2) is 9.97 Å². The zero-order chi connectivity index (χ0) is 9.68. The van der Waals surface area contributed by atoms with E-state index >= 15 is 0 Å². The molecule has 1 rings (SSSR count). The van der Waals surface area contributed by atoms with Gasteiger partial charge in [0.1, 0.15) is 5.15 Å². The summed E-state index contributed by atoms with van der Waals surface area (Å²) in [7, 11) is 0. The number of aromatic nitrogens is 2. The van der Waals surface area contributed by atoms with Gasteiger partial charge in [0.25, 0.3) is 0 Å². The molecular formula is C8H6Cl2N2O. The van der Waals surface area contributed by atoms with E-state index in [1.807, 2.05) is 0 Å². The van der Waals surface area contributed by atoms with Gasteiger partial charge in [0, 0.05) is 12.6 Å². The van der Waals surface area contributed by atoms with E-state index in [4.69, 9.17) is 28.3 Å². The summed E-state index contributed by atoms with van der Waals surface area (Å²) in [6, 6.07) is 0. The first-order valence-electron chi connectivity index (χ1n) is 3.52. The predicted octanol–water partition coefficient (Wildman–Crippen LogP) is 1.52. The number of nitrogens with zero attached hydrogens (tertiary/aromatic N) is 2. The van der Waals surface area contributed by atoms with E-state index in [1.165, 1.54) is 6.20 Å². The third-order valence-corrected chi connectivity index (χ3v) is 1.64. The van der Waals surface area contributed by atoms with Gasteiger partial charge in [-0.3, -0.25) is 0 Å². The van der Waals surface area contributed by atoms with Crippen LogP contribution in [0.4, 0.5) is 0 Å². The maximum Gasteiger partial charge on any atom is 0.223 e. The number of aliphatic hydroxyl groups excluding tert-OH is 1. The van der Waals surface area contributed by atoms with E-state index in [2.05, 4.69) is 21.8 Å². The Bertz CT molecular complexity index is 357. The van der Waals surface area contributed by atoms with Crippen molar-refractivity contribution in [1.29, 1.82) is 0 Å². The predicted molar refractivity (Wildman–Crippen MR) is 50.6 cm³/mol. The number of hydrogen-bond acceptors (Lipinski definition) is 3. The maximum absolute atomic E-state index is 8.47. The molecule has 0 aliphatic carbocycles. The van der Waals surface area contributed by atoms with Crippen molar-refractivity contribution in [3.05, 3.63) is 22.2 Å². The molecule has 5 heteroatoms. The van der Waals surface area contributed by atoms with Crippen LogP contribution in [0.15, 0.2) is 6.20 Å². The standard InChI is InChI=1S/C8H6Cl2N2O/c9-7-6(3-1-2-4-13)5-11-8(10)12-7/h5,13H,2,4H2. The molecule has 0 atom stereocenters. The lowest BCUT2D eigenvalue weighted by Crippen LogP contribution is -1.87. The average molecular weight is 217 g/mol. The summed E-state index contributed by atoms with van der Waals surface area (Å²) < 4.78 is 0. The van der Waals surface area contributed by atoms with E-state index in [0.717, 1.165) is 0 Å². The maximum atomic E-state index is 8.47. The van der Waals surface area contributed by atoms with Crippen LogP contribution in [0.25, 0.3) is 0 Å². The molecule has 0 saturated carbocycles. The number of rotatable bonds is 1. The van der Waals surface area contributed by atoms with Gasteiger partial charge in [0.15, 0.2) is 0 Å². The minimum absolute atomic E-state index is 0.0269. The van der Waals surface area contributed by atoms with Gasteiger partial charge in [-0.15, -0.1) is 0 Å². The monoisotopic (exact) mass is 216 g/mol. The minimum atomic E-state index is 0.0269. The first kappa shape index (κ1) is 10.3. The van der Waals surface area contributed by atoms with Gasteiger partial charge >= 0.3 is 0 Å². The molecule has 1 N–H and O–H groups in total. The molecule has 0 unspecified atom stereocenters. The molecule has 0 aliphatic rings. The lowest BCUT2D eigenvalue weighted by molar-refractivity contribution is 0.305. The Hall–Kier alpha value is -0.820. The zero-order valence-corrected chi connectivity index (χ0v) is 8.10. The van der Waals surface area contributed by atoms with Crippen LogP contribution in [-0.4, -0.2) is 21.7 Å². The van der Waals surface area contributed by atoms with Crippen LogP contribution >= 0.6 is 23.2 Å². The second kappa shape index (κ2) is 5.03. The van der Waals surface area contributed by atoms with E-state index in [0.29, 0.717) is 12.0 Å². The van der Waals surface area contributed by atoms with Gasteiger partial charge in [-0.2, -0.15) is 0 Å². The molecule has 0 saturated heterocycles. The summed E-state index contributed by atoms with van der Waals surface area (Å²) in [6.45, 7) is 0.0269. The highest BCUT2D eigenvalue weighted by atomic mass is 35.5. The Morgan fingerprint density at radius 3 is 2.85 bits per heavy atom. The Morgan fingerprint density at radius 1 is 1.46 bits per heavy atom.